The van der Waals surface area contributed by atoms with E-state index >= 15 is 0 Å². The number of hydroxylamine groups is 1. The van der Waals surface area contributed by atoms with Gasteiger partial charge in [0.15, 0.2) is 11.5 Å². The second-order valence-electron chi connectivity index (χ2n) is 6.40. The summed E-state index contributed by atoms with van der Waals surface area (Å²) in [7, 11) is 0. The Morgan fingerprint density at radius 1 is 1.30 bits per heavy atom. The van der Waals surface area contributed by atoms with E-state index in [9.17, 15) is 14.4 Å². The van der Waals surface area contributed by atoms with Gasteiger partial charge in [-0.3, -0.25) is 16.0 Å². The Balaban J connectivity index is 1.74. The molecule has 0 saturated heterocycles. The standard InChI is InChI=1S/C17H21FN6O3/c1-10-9-12(7-8-13(10)18)19-15(22-26)14-16(24-27-23-14)21-17(25)20-11-5-3-2-4-6-11/h7-9,11,26H,2-6H2,1H3,(H,19,22)(H2,20,21,24,25). The van der Waals surface area contributed by atoms with Gasteiger partial charge in [-0.2, -0.15) is 0 Å². The van der Waals surface area contributed by atoms with E-state index in [-0.39, 0.29) is 29.2 Å². The van der Waals surface area contributed by atoms with Gasteiger partial charge in [0.25, 0.3) is 0 Å². The lowest BCUT2D eigenvalue weighted by Crippen LogP contribution is -2.39. The number of amidine groups is 1. The molecule has 0 spiro atoms. The predicted molar refractivity (Wildman–Crippen MR) is 95.6 cm³/mol. The average Bonchev–Trinajstić information content (AvgIpc) is 3.11. The van der Waals surface area contributed by atoms with Crippen molar-refractivity contribution in [3.8, 4) is 0 Å². The number of carbonyl (C=O) groups is 1. The minimum absolute atomic E-state index is 0.00226. The van der Waals surface area contributed by atoms with Crippen LogP contribution < -0.4 is 16.1 Å². The van der Waals surface area contributed by atoms with Crippen LogP contribution in [0.4, 0.5) is 20.7 Å². The number of hydrogen-bond acceptors (Lipinski definition) is 6. The lowest BCUT2D eigenvalue weighted by atomic mass is 9.96. The number of hydrogen-bond donors (Lipinski definition) is 4. The topological polar surface area (TPSA) is 125 Å². The highest BCUT2D eigenvalue weighted by Gasteiger charge is 2.21. The Kier molecular flexibility index (Phi) is 5.97. The highest BCUT2D eigenvalue weighted by Crippen LogP contribution is 2.20. The van der Waals surface area contributed by atoms with Gasteiger partial charge in [-0.1, -0.05) is 19.3 Å². The molecule has 0 unspecified atom stereocenters. The van der Waals surface area contributed by atoms with Crippen molar-refractivity contribution in [2.75, 3.05) is 5.32 Å². The fourth-order valence-electron chi connectivity index (χ4n) is 2.96. The number of aromatic nitrogens is 2. The van der Waals surface area contributed by atoms with Crippen LogP contribution in [0.5, 0.6) is 0 Å². The number of aliphatic imine (C=N–C) groups is 1. The second-order valence-corrected chi connectivity index (χ2v) is 6.40. The molecule has 144 valence electrons. The summed E-state index contributed by atoms with van der Waals surface area (Å²) in [6, 6.07) is 3.89. The molecule has 2 amide bonds. The molecule has 10 heteroatoms. The van der Waals surface area contributed by atoms with Crippen LogP contribution in [-0.2, 0) is 0 Å². The normalized spacial score (nSPS) is 15.4. The Hall–Kier alpha value is -3.01. The van der Waals surface area contributed by atoms with Gasteiger partial charge in [-0.15, -0.1) is 0 Å². The molecular weight excluding hydrogens is 355 g/mol. The molecule has 9 nitrogen and oxygen atoms in total. The molecule has 1 aliphatic carbocycles. The van der Waals surface area contributed by atoms with E-state index < -0.39 is 6.03 Å². The van der Waals surface area contributed by atoms with Gasteiger partial charge in [-0.05, 0) is 53.8 Å². The summed E-state index contributed by atoms with van der Waals surface area (Å²) in [5.41, 5.74) is 2.70. The maximum atomic E-state index is 13.4. The molecule has 27 heavy (non-hydrogen) atoms. The first-order chi connectivity index (χ1) is 13.1. The molecule has 4 N–H and O–H groups in total. The van der Waals surface area contributed by atoms with E-state index in [2.05, 4.69) is 30.6 Å². The molecule has 0 bridgehead atoms. The molecule has 0 aliphatic heterocycles. The van der Waals surface area contributed by atoms with Gasteiger partial charge in [-0.25, -0.2) is 18.8 Å². The molecule has 2 aromatic rings. The van der Waals surface area contributed by atoms with E-state index in [1.807, 2.05) is 5.48 Å². The van der Waals surface area contributed by atoms with Gasteiger partial charge < -0.3 is 5.32 Å². The van der Waals surface area contributed by atoms with Gasteiger partial charge in [0.2, 0.25) is 5.82 Å². The Morgan fingerprint density at radius 2 is 2.07 bits per heavy atom. The van der Waals surface area contributed by atoms with Gasteiger partial charge in [0, 0.05) is 6.04 Å². The number of halogens is 1. The third-order valence-corrected chi connectivity index (χ3v) is 4.37. The number of carbonyl (C=O) groups excluding carboxylic acids is 1. The van der Waals surface area contributed by atoms with Crippen LogP contribution in [0.15, 0.2) is 27.8 Å². The molecule has 1 aromatic carbocycles. The van der Waals surface area contributed by atoms with E-state index in [1.165, 1.54) is 24.6 Å². The fourth-order valence-corrected chi connectivity index (χ4v) is 2.96. The Labute approximate surface area is 155 Å². The number of nitrogens with one attached hydrogen (secondary N) is 3. The first-order valence-corrected chi connectivity index (χ1v) is 8.72. The number of amides is 2. The minimum Gasteiger partial charge on any atom is -0.335 e. The zero-order chi connectivity index (χ0) is 19.2. The highest BCUT2D eigenvalue weighted by molar-refractivity contribution is 6.04. The first kappa shape index (κ1) is 18.8. The second kappa shape index (κ2) is 8.58. The van der Waals surface area contributed by atoms with Crippen LogP contribution in [0.25, 0.3) is 0 Å². The third-order valence-electron chi connectivity index (χ3n) is 4.37. The molecule has 1 fully saturated rings. The van der Waals surface area contributed by atoms with E-state index in [4.69, 9.17) is 0 Å². The monoisotopic (exact) mass is 376 g/mol. The molecule has 0 atom stereocenters. The van der Waals surface area contributed by atoms with Crippen molar-refractivity contribution in [1.29, 1.82) is 0 Å². The smallest absolute Gasteiger partial charge is 0.320 e. The zero-order valence-corrected chi connectivity index (χ0v) is 14.8. The van der Waals surface area contributed by atoms with Gasteiger partial charge in [0.1, 0.15) is 5.82 Å². The van der Waals surface area contributed by atoms with Crippen molar-refractivity contribution in [2.45, 2.75) is 45.1 Å². The summed E-state index contributed by atoms with van der Waals surface area (Å²) in [6.45, 7) is 1.60. The van der Waals surface area contributed by atoms with Crippen LogP contribution in [0, 0.1) is 12.7 Å². The van der Waals surface area contributed by atoms with Crippen molar-refractivity contribution >= 4 is 23.4 Å². The Bertz CT molecular complexity index is 832. The zero-order valence-electron chi connectivity index (χ0n) is 14.8. The SMILES string of the molecule is Cc1cc(N=C(NO)c2nonc2NC(=O)NC2CCCCC2)ccc1F. The maximum absolute atomic E-state index is 13.4. The number of urea groups is 1. The Morgan fingerprint density at radius 3 is 2.78 bits per heavy atom. The van der Waals surface area contributed by atoms with Crippen LogP contribution in [0.1, 0.15) is 43.4 Å². The first-order valence-electron chi connectivity index (χ1n) is 8.72. The van der Waals surface area contributed by atoms with Crippen molar-refractivity contribution < 1.29 is 19.0 Å². The molecule has 0 radical (unpaired) electrons. The number of benzene rings is 1. The van der Waals surface area contributed by atoms with Crippen molar-refractivity contribution in [3.63, 3.8) is 0 Å². The highest BCUT2D eigenvalue weighted by atomic mass is 19.1. The average molecular weight is 376 g/mol. The molecule has 1 saturated carbocycles. The predicted octanol–water partition coefficient (Wildman–Crippen LogP) is 3.03. The van der Waals surface area contributed by atoms with Gasteiger partial charge in [0.05, 0.1) is 5.69 Å². The third kappa shape index (κ3) is 4.79. The quantitative estimate of drug-likeness (QED) is 0.369. The minimum atomic E-state index is -0.436. The summed E-state index contributed by atoms with van der Waals surface area (Å²) < 4.78 is 18.1. The molecule has 1 aromatic heterocycles. The largest absolute Gasteiger partial charge is 0.335 e. The summed E-state index contributed by atoms with van der Waals surface area (Å²) in [5, 5.41) is 22.1. The fraction of sp³-hybridized carbons (Fsp3) is 0.412. The van der Waals surface area contributed by atoms with Gasteiger partial charge >= 0.3 is 6.03 Å². The van der Waals surface area contributed by atoms with E-state index in [0.717, 1.165) is 25.7 Å². The van der Waals surface area contributed by atoms with Crippen LogP contribution in [0.3, 0.4) is 0 Å². The van der Waals surface area contributed by atoms with Crippen molar-refractivity contribution in [1.82, 2.24) is 21.1 Å². The summed E-state index contributed by atoms with van der Waals surface area (Å²) >= 11 is 0. The lowest BCUT2D eigenvalue weighted by molar-refractivity contribution is 0.234. The van der Waals surface area contributed by atoms with Crippen LogP contribution >= 0.6 is 0 Å². The summed E-state index contributed by atoms with van der Waals surface area (Å²) in [6.07, 6.45) is 5.23. The lowest BCUT2D eigenvalue weighted by Gasteiger charge is -2.22. The molecule has 1 heterocycles. The molecular formula is C17H21FN6O3. The van der Waals surface area contributed by atoms with Crippen LogP contribution in [0.2, 0.25) is 0 Å². The molecule has 1 aliphatic rings. The van der Waals surface area contributed by atoms with E-state index in [0.29, 0.717) is 11.3 Å². The number of anilines is 1. The number of aryl methyl sites for hydroxylation is 1. The summed E-state index contributed by atoms with van der Waals surface area (Å²) in [5.74, 6) is -0.463. The number of nitrogens with zero attached hydrogens (tertiary/aromatic N) is 3. The molecule has 3 rings (SSSR count). The van der Waals surface area contributed by atoms with E-state index in [1.54, 1.807) is 6.92 Å². The van der Waals surface area contributed by atoms with Crippen LogP contribution in [-0.4, -0.2) is 33.4 Å². The van der Waals surface area contributed by atoms with Crippen molar-refractivity contribution in [3.05, 3.63) is 35.3 Å². The number of rotatable bonds is 4. The van der Waals surface area contributed by atoms with Crippen molar-refractivity contribution in [2.24, 2.45) is 4.99 Å². The summed E-state index contributed by atoms with van der Waals surface area (Å²) in [4.78, 5) is 16.3. The maximum Gasteiger partial charge on any atom is 0.320 e.